The van der Waals surface area contributed by atoms with E-state index in [1.807, 2.05) is 0 Å². The Balaban J connectivity index is 2.12. The molecular formula is C14H10FN3O2S. The summed E-state index contributed by atoms with van der Waals surface area (Å²) in [6.45, 7) is -0.203. The molecule has 0 aliphatic carbocycles. The second kappa shape index (κ2) is 5.10. The van der Waals surface area contributed by atoms with E-state index in [-0.39, 0.29) is 17.9 Å². The molecule has 2 aromatic heterocycles. The summed E-state index contributed by atoms with van der Waals surface area (Å²) >= 11 is 1.25. The largest absolute Gasteiger partial charge is 0.368 e. The van der Waals surface area contributed by atoms with E-state index >= 15 is 0 Å². The predicted molar refractivity (Wildman–Crippen MR) is 78.5 cm³/mol. The van der Waals surface area contributed by atoms with Crippen molar-refractivity contribution in [2.45, 2.75) is 6.54 Å². The molecule has 0 bridgehead atoms. The second-order valence-electron chi connectivity index (χ2n) is 4.48. The molecule has 3 rings (SSSR count). The Hall–Kier alpha value is -2.54. The Kier molecular flexibility index (Phi) is 3.26. The normalized spacial score (nSPS) is 10.9. The minimum Gasteiger partial charge on any atom is -0.368 e. The van der Waals surface area contributed by atoms with Gasteiger partial charge in [0, 0.05) is 4.88 Å². The lowest BCUT2D eigenvalue weighted by atomic mass is 10.2. The number of halogens is 1. The van der Waals surface area contributed by atoms with Crippen molar-refractivity contribution in [3.63, 3.8) is 0 Å². The van der Waals surface area contributed by atoms with E-state index < -0.39 is 5.91 Å². The fraction of sp³-hybridized carbons (Fsp3) is 0.0714. The van der Waals surface area contributed by atoms with E-state index in [2.05, 4.69) is 4.98 Å². The summed E-state index contributed by atoms with van der Waals surface area (Å²) in [6, 6.07) is 7.77. The van der Waals surface area contributed by atoms with Crippen molar-refractivity contribution in [2.75, 3.05) is 0 Å². The zero-order chi connectivity index (χ0) is 15.0. The summed E-state index contributed by atoms with van der Waals surface area (Å²) < 4.78 is 14.6. The number of hydrogen-bond donors (Lipinski definition) is 1. The topological polar surface area (TPSA) is 78.0 Å². The molecule has 2 N–H and O–H groups in total. The van der Waals surface area contributed by atoms with Gasteiger partial charge in [-0.05, 0) is 23.8 Å². The number of fused-ring (bicyclic) bond motifs is 1. The molecule has 7 heteroatoms. The minimum absolute atomic E-state index is 0.203. The van der Waals surface area contributed by atoms with Gasteiger partial charge < -0.3 is 5.73 Å². The zero-order valence-electron chi connectivity index (χ0n) is 10.7. The first-order valence-electron chi connectivity index (χ1n) is 6.08. The van der Waals surface area contributed by atoms with E-state index in [0.29, 0.717) is 10.2 Å². The van der Waals surface area contributed by atoms with Crippen LogP contribution in [0.25, 0.3) is 20.7 Å². The van der Waals surface area contributed by atoms with Crippen molar-refractivity contribution in [1.29, 1.82) is 0 Å². The summed E-state index contributed by atoms with van der Waals surface area (Å²) in [7, 11) is 0. The Labute approximate surface area is 122 Å². The fourth-order valence-electron chi connectivity index (χ4n) is 1.98. The van der Waals surface area contributed by atoms with Crippen molar-refractivity contribution in [3.05, 3.63) is 52.8 Å². The van der Waals surface area contributed by atoms with Crippen LogP contribution in [0.5, 0.6) is 0 Å². The first-order valence-corrected chi connectivity index (χ1v) is 6.89. The number of primary amides is 1. The van der Waals surface area contributed by atoms with Crippen LogP contribution >= 0.6 is 11.3 Å². The van der Waals surface area contributed by atoms with Crippen molar-refractivity contribution >= 4 is 27.5 Å². The maximum Gasteiger partial charge on any atom is 0.271 e. The highest BCUT2D eigenvalue weighted by atomic mass is 32.1. The van der Waals surface area contributed by atoms with Crippen LogP contribution in [0.2, 0.25) is 0 Å². The number of thiophene rings is 1. The monoisotopic (exact) mass is 303 g/mol. The number of benzene rings is 1. The van der Waals surface area contributed by atoms with Gasteiger partial charge in [-0.25, -0.2) is 9.37 Å². The maximum absolute atomic E-state index is 12.9. The molecule has 0 spiro atoms. The van der Waals surface area contributed by atoms with E-state index in [0.717, 1.165) is 10.4 Å². The number of hydrogen-bond acceptors (Lipinski definition) is 4. The van der Waals surface area contributed by atoms with Crippen molar-refractivity contribution < 1.29 is 9.18 Å². The highest BCUT2D eigenvalue weighted by Crippen LogP contribution is 2.30. The summed E-state index contributed by atoms with van der Waals surface area (Å²) in [4.78, 5) is 28.1. The van der Waals surface area contributed by atoms with Crippen LogP contribution in [-0.4, -0.2) is 15.5 Å². The number of aromatic nitrogens is 2. The molecule has 106 valence electrons. The lowest BCUT2D eigenvalue weighted by Gasteiger charge is -2.00. The van der Waals surface area contributed by atoms with Crippen LogP contribution in [-0.2, 0) is 11.3 Å². The average Bonchev–Trinajstić information content (AvgIpc) is 2.87. The SMILES string of the molecule is NC(=O)Cn1cnc2cc(-c3ccc(F)cc3)sc2c1=O. The Morgan fingerprint density at radius 2 is 2.05 bits per heavy atom. The molecular weight excluding hydrogens is 293 g/mol. The standard InChI is InChI=1S/C14H10FN3O2S/c15-9-3-1-8(2-4-9)11-5-10-13(21-11)14(20)18(7-17-10)6-12(16)19/h1-5,7H,6H2,(H2,16,19). The van der Waals surface area contributed by atoms with Crippen molar-refractivity contribution in [1.82, 2.24) is 9.55 Å². The number of nitrogens with zero attached hydrogens (tertiary/aromatic N) is 2. The molecule has 0 saturated heterocycles. The number of rotatable bonds is 3. The van der Waals surface area contributed by atoms with Gasteiger partial charge in [-0.1, -0.05) is 12.1 Å². The third kappa shape index (κ3) is 2.55. The Bertz CT molecular complexity index is 883. The van der Waals surface area contributed by atoms with Gasteiger partial charge in [-0.2, -0.15) is 0 Å². The smallest absolute Gasteiger partial charge is 0.271 e. The number of nitrogens with two attached hydrogens (primary N) is 1. The Morgan fingerprint density at radius 1 is 1.33 bits per heavy atom. The van der Waals surface area contributed by atoms with Gasteiger partial charge in [-0.3, -0.25) is 14.2 Å². The number of carbonyl (C=O) groups excluding carboxylic acids is 1. The predicted octanol–water partition coefficient (Wildman–Crippen LogP) is 1.75. The molecule has 0 radical (unpaired) electrons. The lowest BCUT2D eigenvalue weighted by Crippen LogP contribution is -2.27. The second-order valence-corrected chi connectivity index (χ2v) is 5.53. The number of amides is 1. The zero-order valence-corrected chi connectivity index (χ0v) is 11.6. The molecule has 0 unspecified atom stereocenters. The first-order chi connectivity index (χ1) is 10.0. The van der Waals surface area contributed by atoms with Gasteiger partial charge in [0.25, 0.3) is 5.56 Å². The van der Waals surface area contributed by atoms with Crippen LogP contribution in [0.15, 0.2) is 41.5 Å². The lowest BCUT2D eigenvalue weighted by molar-refractivity contribution is -0.118. The van der Waals surface area contributed by atoms with E-state index in [1.54, 1.807) is 18.2 Å². The summed E-state index contributed by atoms with van der Waals surface area (Å²) in [5.41, 5.74) is 6.13. The summed E-state index contributed by atoms with van der Waals surface area (Å²) in [6.07, 6.45) is 1.30. The first kappa shape index (κ1) is 13.4. The molecule has 2 heterocycles. The third-order valence-electron chi connectivity index (χ3n) is 2.96. The van der Waals surface area contributed by atoms with Crippen LogP contribution in [0.1, 0.15) is 0 Å². The Morgan fingerprint density at radius 3 is 2.71 bits per heavy atom. The van der Waals surface area contributed by atoms with Gasteiger partial charge >= 0.3 is 0 Å². The quantitative estimate of drug-likeness (QED) is 0.800. The molecule has 0 aliphatic heterocycles. The summed E-state index contributed by atoms with van der Waals surface area (Å²) in [5, 5.41) is 0. The van der Waals surface area contributed by atoms with Gasteiger partial charge in [0.2, 0.25) is 5.91 Å². The fourth-order valence-corrected chi connectivity index (χ4v) is 3.05. The van der Waals surface area contributed by atoms with E-state index in [1.165, 1.54) is 34.4 Å². The average molecular weight is 303 g/mol. The van der Waals surface area contributed by atoms with Gasteiger partial charge in [-0.15, -0.1) is 11.3 Å². The molecule has 5 nitrogen and oxygen atoms in total. The molecule has 0 saturated carbocycles. The van der Waals surface area contributed by atoms with Gasteiger partial charge in [0.15, 0.2) is 0 Å². The van der Waals surface area contributed by atoms with E-state index in [4.69, 9.17) is 5.73 Å². The molecule has 21 heavy (non-hydrogen) atoms. The van der Waals surface area contributed by atoms with Gasteiger partial charge in [0.1, 0.15) is 17.1 Å². The molecule has 0 aliphatic rings. The highest BCUT2D eigenvalue weighted by molar-refractivity contribution is 7.22. The molecule has 3 aromatic rings. The van der Waals surface area contributed by atoms with Crippen molar-refractivity contribution in [3.8, 4) is 10.4 Å². The van der Waals surface area contributed by atoms with Gasteiger partial charge in [0.05, 0.1) is 11.8 Å². The van der Waals surface area contributed by atoms with Crippen LogP contribution in [0.3, 0.4) is 0 Å². The van der Waals surface area contributed by atoms with E-state index in [9.17, 15) is 14.0 Å². The molecule has 1 amide bonds. The molecule has 0 atom stereocenters. The maximum atomic E-state index is 12.9. The van der Waals surface area contributed by atoms with Crippen LogP contribution in [0.4, 0.5) is 4.39 Å². The van der Waals surface area contributed by atoms with Crippen molar-refractivity contribution in [2.24, 2.45) is 5.73 Å². The number of carbonyl (C=O) groups is 1. The minimum atomic E-state index is -0.603. The molecule has 0 fully saturated rings. The molecule has 1 aromatic carbocycles. The highest BCUT2D eigenvalue weighted by Gasteiger charge is 2.11. The summed E-state index contributed by atoms with van der Waals surface area (Å²) in [5.74, 6) is -0.921. The van der Waals surface area contributed by atoms with Crippen LogP contribution < -0.4 is 11.3 Å². The van der Waals surface area contributed by atoms with Crippen LogP contribution in [0, 0.1) is 5.82 Å². The third-order valence-corrected chi connectivity index (χ3v) is 4.12.